The van der Waals surface area contributed by atoms with Gasteiger partial charge in [-0.15, -0.1) is 11.3 Å². The van der Waals surface area contributed by atoms with Gasteiger partial charge in [0.25, 0.3) is 0 Å². The molecule has 1 aromatic carbocycles. The van der Waals surface area contributed by atoms with E-state index < -0.39 is 0 Å². The molecule has 2 heterocycles. The molecule has 1 aliphatic heterocycles. The summed E-state index contributed by atoms with van der Waals surface area (Å²) in [5, 5.41) is 4.59. The Morgan fingerprint density at radius 1 is 1.35 bits per heavy atom. The van der Waals surface area contributed by atoms with Crippen molar-refractivity contribution in [3.8, 4) is 5.75 Å². The molecule has 0 aliphatic carbocycles. The summed E-state index contributed by atoms with van der Waals surface area (Å²) in [4.78, 5) is 4.80. The summed E-state index contributed by atoms with van der Waals surface area (Å²) < 4.78 is 7.43. The quantitative estimate of drug-likeness (QED) is 0.933. The highest BCUT2D eigenvalue weighted by atomic mass is 32.1. The number of benzene rings is 1. The average molecular weight is 290 g/mol. The van der Waals surface area contributed by atoms with Gasteiger partial charge in [0.05, 0.1) is 9.71 Å². The van der Waals surface area contributed by atoms with Gasteiger partial charge in [-0.25, -0.2) is 4.98 Å². The molecular formula is C16H22N2OS. The fraction of sp³-hybridized carbons (Fsp3) is 0.562. The lowest BCUT2D eigenvalue weighted by Gasteiger charge is -2.23. The number of para-hydroxylation sites is 1. The summed E-state index contributed by atoms with van der Waals surface area (Å²) in [6, 6.07) is 6.28. The number of hydrogen-bond donors (Lipinski definition) is 1. The number of nitrogens with zero attached hydrogens (tertiary/aromatic N) is 1. The zero-order valence-electron chi connectivity index (χ0n) is 12.2. The van der Waals surface area contributed by atoms with Gasteiger partial charge in [-0.2, -0.15) is 0 Å². The Bertz CT molecular complexity index is 573. The maximum Gasteiger partial charge on any atom is 0.146 e. The third-order valence-corrected chi connectivity index (χ3v) is 4.63. The number of aromatic nitrogens is 1. The van der Waals surface area contributed by atoms with Crippen LogP contribution in [-0.4, -0.2) is 24.2 Å². The first-order chi connectivity index (χ1) is 9.72. The van der Waals surface area contributed by atoms with E-state index in [0.717, 1.165) is 43.6 Å². The van der Waals surface area contributed by atoms with Crippen molar-refractivity contribution >= 4 is 21.6 Å². The normalized spacial score (nSPS) is 16.9. The molecule has 1 N–H and O–H groups in total. The van der Waals surface area contributed by atoms with Crippen molar-refractivity contribution in [1.29, 1.82) is 0 Å². The lowest BCUT2D eigenvalue weighted by Crippen LogP contribution is -2.34. The molecule has 108 valence electrons. The van der Waals surface area contributed by atoms with E-state index in [1.54, 1.807) is 11.3 Å². The highest BCUT2D eigenvalue weighted by Crippen LogP contribution is 2.32. The Hall–Kier alpha value is -1.13. The number of hydrogen-bond acceptors (Lipinski definition) is 4. The van der Waals surface area contributed by atoms with Gasteiger partial charge >= 0.3 is 0 Å². The fourth-order valence-corrected chi connectivity index (χ4v) is 3.79. The van der Waals surface area contributed by atoms with Gasteiger partial charge in [0, 0.05) is 6.42 Å². The van der Waals surface area contributed by atoms with Crippen LogP contribution in [0.2, 0.25) is 0 Å². The van der Waals surface area contributed by atoms with Crippen LogP contribution in [0.3, 0.4) is 0 Å². The van der Waals surface area contributed by atoms with Crippen LogP contribution < -0.4 is 10.1 Å². The van der Waals surface area contributed by atoms with Gasteiger partial charge < -0.3 is 10.1 Å². The molecule has 0 saturated carbocycles. The van der Waals surface area contributed by atoms with Crippen LogP contribution in [0.5, 0.6) is 5.75 Å². The predicted molar refractivity (Wildman–Crippen MR) is 84.7 cm³/mol. The van der Waals surface area contributed by atoms with Gasteiger partial charge in [0.1, 0.15) is 17.4 Å². The van der Waals surface area contributed by atoms with Gasteiger partial charge in [-0.05, 0) is 44.0 Å². The standard InChI is InChI=1S/C16H22N2OS/c1-11(2)10-15-18-16-13(4-3-5-14(16)20-15)19-12-6-8-17-9-7-12/h3-5,11-12,17H,6-10H2,1-2H3. The van der Waals surface area contributed by atoms with Crippen molar-refractivity contribution < 1.29 is 4.74 Å². The second-order valence-electron chi connectivity index (χ2n) is 5.88. The molecule has 1 aliphatic rings. The molecule has 0 amide bonds. The van der Waals surface area contributed by atoms with Gasteiger partial charge in [-0.3, -0.25) is 0 Å². The predicted octanol–water partition coefficient (Wildman–Crippen LogP) is 3.63. The van der Waals surface area contributed by atoms with E-state index in [-0.39, 0.29) is 0 Å². The summed E-state index contributed by atoms with van der Waals surface area (Å²) in [5.74, 6) is 1.60. The topological polar surface area (TPSA) is 34.1 Å². The average Bonchev–Trinajstić information content (AvgIpc) is 2.82. The van der Waals surface area contributed by atoms with Crippen molar-refractivity contribution in [1.82, 2.24) is 10.3 Å². The minimum absolute atomic E-state index is 0.331. The van der Waals surface area contributed by atoms with Crippen LogP contribution in [0.4, 0.5) is 0 Å². The smallest absolute Gasteiger partial charge is 0.146 e. The van der Waals surface area contributed by atoms with Gasteiger partial charge in [0.15, 0.2) is 0 Å². The number of fused-ring (bicyclic) bond motifs is 1. The maximum absolute atomic E-state index is 6.19. The maximum atomic E-state index is 6.19. The molecule has 3 nitrogen and oxygen atoms in total. The first-order valence-electron chi connectivity index (χ1n) is 7.48. The number of nitrogens with one attached hydrogen (secondary N) is 1. The molecule has 1 saturated heterocycles. The van der Waals surface area contributed by atoms with Crippen molar-refractivity contribution in [2.75, 3.05) is 13.1 Å². The minimum atomic E-state index is 0.331. The van der Waals surface area contributed by atoms with Crippen LogP contribution in [0.25, 0.3) is 10.2 Å². The van der Waals surface area contributed by atoms with E-state index in [1.165, 1.54) is 9.71 Å². The Morgan fingerprint density at radius 3 is 2.90 bits per heavy atom. The Balaban J connectivity index is 1.84. The molecule has 3 rings (SSSR count). The summed E-state index contributed by atoms with van der Waals surface area (Å²) in [6.07, 6.45) is 3.54. The molecule has 1 fully saturated rings. The second kappa shape index (κ2) is 6.10. The van der Waals surface area contributed by atoms with Gasteiger partial charge in [0.2, 0.25) is 0 Å². The molecule has 0 radical (unpaired) electrons. The number of ether oxygens (including phenoxy) is 1. The molecule has 1 aromatic heterocycles. The number of thiazole rings is 1. The molecule has 0 unspecified atom stereocenters. The molecule has 0 spiro atoms. The van der Waals surface area contributed by atoms with Crippen molar-refractivity contribution in [2.24, 2.45) is 5.92 Å². The van der Waals surface area contributed by atoms with Crippen LogP contribution >= 0.6 is 11.3 Å². The minimum Gasteiger partial charge on any atom is -0.488 e. The molecule has 4 heteroatoms. The Morgan fingerprint density at radius 2 is 2.15 bits per heavy atom. The van der Waals surface area contributed by atoms with E-state index >= 15 is 0 Å². The number of piperidine rings is 1. The van der Waals surface area contributed by atoms with Crippen molar-refractivity contribution in [3.05, 3.63) is 23.2 Å². The third-order valence-electron chi connectivity index (χ3n) is 3.59. The summed E-state index contributed by atoms with van der Waals surface area (Å²) in [5.41, 5.74) is 1.05. The SMILES string of the molecule is CC(C)Cc1nc2c(OC3CCNCC3)cccc2s1. The van der Waals surface area contributed by atoms with E-state index in [4.69, 9.17) is 9.72 Å². The Labute approximate surface area is 124 Å². The summed E-state index contributed by atoms with van der Waals surface area (Å²) >= 11 is 1.80. The van der Waals surface area contributed by atoms with Crippen LogP contribution in [0.1, 0.15) is 31.7 Å². The first-order valence-corrected chi connectivity index (χ1v) is 8.30. The van der Waals surface area contributed by atoms with Crippen LogP contribution in [0.15, 0.2) is 18.2 Å². The monoisotopic (exact) mass is 290 g/mol. The highest BCUT2D eigenvalue weighted by Gasteiger charge is 2.17. The number of rotatable bonds is 4. The van der Waals surface area contributed by atoms with E-state index in [0.29, 0.717) is 12.0 Å². The third kappa shape index (κ3) is 3.13. The van der Waals surface area contributed by atoms with E-state index in [1.807, 2.05) is 0 Å². The van der Waals surface area contributed by atoms with Crippen molar-refractivity contribution in [2.45, 2.75) is 39.2 Å². The van der Waals surface area contributed by atoms with E-state index in [2.05, 4.69) is 37.4 Å². The van der Waals surface area contributed by atoms with E-state index in [9.17, 15) is 0 Å². The molecule has 2 aromatic rings. The molecule has 0 bridgehead atoms. The molecule has 20 heavy (non-hydrogen) atoms. The molecular weight excluding hydrogens is 268 g/mol. The van der Waals surface area contributed by atoms with Crippen LogP contribution in [-0.2, 0) is 6.42 Å². The zero-order chi connectivity index (χ0) is 13.9. The lowest BCUT2D eigenvalue weighted by atomic mass is 10.1. The largest absolute Gasteiger partial charge is 0.488 e. The van der Waals surface area contributed by atoms with Crippen LogP contribution in [0, 0.1) is 5.92 Å². The fourth-order valence-electron chi connectivity index (χ4n) is 2.59. The second-order valence-corrected chi connectivity index (χ2v) is 6.99. The van der Waals surface area contributed by atoms with Crippen molar-refractivity contribution in [3.63, 3.8) is 0 Å². The highest BCUT2D eigenvalue weighted by molar-refractivity contribution is 7.18. The van der Waals surface area contributed by atoms with Gasteiger partial charge in [-0.1, -0.05) is 19.9 Å². The summed E-state index contributed by atoms with van der Waals surface area (Å²) in [6.45, 7) is 6.57. The zero-order valence-corrected chi connectivity index (χ0v) is 13.0. The Kier molecular flexibility index (Phi) is 4.22. The first kappa shape index (κ1) is 13.8. The lowest BCUT2D eigenvalue weighted by molar-refractivity contribution is 0.164. The molecule has 0 atom stereocenters. The summed E-state index contributed by atoms with van der Waals surface area (Å²) in [7, 11) is 0.